The third kappa shape index (κ3) is 3.39. The molecule has 0 aliphatic carbocycles. The minimum atomic E-state index is -0.317. The molecular formula is C19H17N5OS. The number of fused-ring (bicyclic) bond motifs is 3. The first kappa shape index (κ1) is 16.5. The van der Waals surface area contributed by atoms with Crippen LogP contribution in [0.3, 0.4) is 0 Å². The fourth-order valence-corrected chi connectivity index (χ4v) is 3.43. The third-order valence-electron chi connectivity index (χ3n) is 4.06. The first-order valence-corrected chi connectivity index (χ1v) is 9.18. The smallest absolute Gasteiger partial charge is 0.233 e. The average molecular weight is 363 g/mol. The number of hydrogen-bond acceptors (Lipinski definition) is 5. The second-order valence-electron chi connectivity index (χ2n) is 5.93. The van der Waals surface area contributed by atoms with E-state index in [4.69, 9.17) is 0 Å². The zero-order valence-corrected chi connectivity index (χ0v) is 15.0. The molecule has 0 saturated heterocycles. The van der Waals surface area contributed by atoms with Crippen LogP contribution in [0.1, 0.15) is 12.5 Å². The van der Waals surface area contributed by atoms with Crippen LogP contribution in [0.15, 0.2) is 59.8 Å². The number of aromatic nitrogens is 4. The molecule has 0 aliphatic heterocycles. The van der Waals surface area contributed by atoms with Crippen LogP contribution in [0, 0.1) is 0 Å². The molecule has 2 N–H and O–H groups in total. The van der Waals surface area contributed by atoms with Gasteiger partial charge < -0.3 is 10.3 Å². The number of carbonyl (C=O) groups excluding carboxylic acids is 1. The molecule has 4 aromatic rings. The summed E-state index contributed by atoms with van der Waals surface area (Å²) in [7, 11) is 0. The molecule has 0 aliphatic rings. The summed E-state index contributed by atoms with van der Waals surface area (Å²) in [6, 6.07) is 17.7. The highest BCUT2D eigenvalue weighted by Crippen LogP contribution is 2.24. The molecule has 2 heterocycles. The summed E-state index contributed by atoms with van der Waals surface area (Å²) in [5.41, 5.74) is 3.46. The van der Waals surface area contributed by atoms with Crippen molar-refractivity contribution in [2.75, 3.05) is 0 Å². The van der Waals surface area contributed by atoms with Crippen LogP contribution >= 0.6 is 11.8 Å². The van der Waals surface area contributed by atoms with Crippen molar-refractivity contribution in [3.05, 3.63) is 60.2 Å². The fraction of sp³-hybridized carbons (Fsp3) is 0.158. The van der Waals surface area contributed by atoms with Gasteiger partial charge in [0.2, 0.25) is 11.1 Å². The molecule has 0 fully saturated rings. The molecule has 0 radical (unpaired) electrons. The molecule has 1 atom stereocenters. The van der Waals surface area contributed by atoms with Gasteiger partial charge in [-0.15, -0.1) is 10.2 Å². The van der Waals surface area contributed by atoms with Gasteiger partial charge in [-0.1, -0.05) is 60.3 Å². The SMILES string of the molecule is C[C@@H](Sc1nnc2c(n1)[nH]c1ccccc12)C(=O)NCc1ccccc1. The van der Waals surface area contributed by atoms with Crippen LogP contribution in [0.4, 0.5) is 0 Å². The first-order chi connectivity index (χ1) is 12.7. The molecular weight excluding hydrogens is 346 g/mol. The molecule has 0 saturated carbocycles. The number of amides is 1. The van der Waals surface area contributed by atoms with E-state index in [1.165, 1.54) is 11.8 Å². The van der Waals surface area contributed by atoms with Gasteiger partial charge in [-0.25, -0.2) is 4.98 Å². The van der Waals surface area contributed by atoms with E-state index in [1.807, 2.05) is 61.5 Å². The molecule has 2 aromatic heterocycles. The molecule has 7 heteroatoms. The molecule has 130 valence electrons. The van der Waals surface area contributed by atoms with E-state index >= 15 is 0 Å². The molecule has 26 heavy (non-hydrogen) atoms. The highest BCUT2D eigenvalue weighted by atomic mass is 32.2. The maximum atomic E-state index is 12.3. The Hall–Kier alpha value is -2.93. The Morgan fingerprint density at radius 1 is 1.12 bits per heavy atom. The van der Waals surface area contributed by atoms with Crippen LogP contribution in [0.25, 0.3) is 22.1 Å². The van der Waals surface area contributed by atoms with Gasteiger partial charge in [-0.3, -0.25) is 4.79 Å². The predicted molar refractivity (Wildman–Crippen MR) is 103 cm³/mol. The zero-order chi connectivity index (χ0) is 17.9. The number of rotatable bonds is 5. The predicted octanol–water partition coefficient (Wildman–Crippen LogP) is 3.30. The van der Waals surface area contributed by atoms with Gasteiger partial charge in [-0.05, 0) is 18.6 Å². The number of carbonyl (C=O) groups is 1. The summed E-state index contributed by atoms with van der Waals surface area (Å²) in [5, 5.41) is 12.5. The van der Waals surface area contributed by atoms with Gasteiger partial charge in [0.1, 0.15) is 5.52 Å². The summed E-state index contributed by atoms with van der Waals surface area (Å²) >= 11 is 1.29. The lowest BCUT2D eigenvalue weighted by molar-refractivity contribution is -0.120. The maximum Gasteiger partial charge on any atom is 0.233 e. The van der Waals surface area contributed by atoms with Crippen molar-refractivity contribution in [1.82, 2.24) is 25.5 Å². The number of nitrogens with zero attached hydrogens (tertiary/aromatic N) is 3. The van der Waals surface area contributed by atoms with E-state index in [0.717, 1.165) is 22.0 Å². The Kier molecular flexibility index (Phi) is 4.53. The fourth-order valence-electron chi connectivity index (χ4n) is 2.70. The average Bonchev–Trinajstić information content (AvgIpc) is 3.04. The van der Waals surface area contributed by atoms with Crippen LogP contribution < -0.4 is 5.32 Å². The second-order valence-corrected chi connectivity index (χ2v) is 7.23. The molecule has 4 rings (SSSR count). The van der Waals surface area contributed by atoms with Crippen molar-refractivity contribution in [3.63, 3.8) is 0 Å². The number of benzene rings is 2. The molecule has 0 bridgehead atoms. The van der Waals surface area contributed by atoms with Crippen molar-refractivity contribution < 1.29 is 4.79 Å². The van der Waals surface area contributed by atoms with Gasteiger partial charge in [0.05, 0.1) is 5.25 Å². The van der Waals surface area contributed by atoms with Gasteiger partial charge in [0, 0.05) is 17.4 Å². The van der Waals surface area contributed by atoms with E-state index in [0.29, 0.717) is 17.3 Å². The van der Waals surface area contributed by atoms with Crippen molar-refractivity contribution in [2.24, 2.45) is 0 Å². The molecule has 6 nitrogen and oxygen atoms in total. The van der Waals surface area contributed by atoms with E-state index < -0.39 is 0 Å². The highest BCUT2D eigenvalue weighted by molar-refractivity contribution is 8.00. The van der Waals surface area contributed by atoms with E-state index in [-0.39, 0.29) is 11.2 Å². The number of nitrogens with one attached hydrogen (secondary N) is 2. The molecule has 1 amide bonds. The van der Waals surface area contributed by atoms with Gasteiger partial charge >= 0.3 is 0 Å². The highest BCUT2D eigenvalue weighted by Gasteiger charge is 2.17. The Morgan fingerprint density at radius 3 is 2.73 bits per heavy atom. The lowest BCUT2D eigenvalue weighted by Gasteiger charge is -2.10. The standard InChI is InChI=1S/C19H17N5OS/c1-12(18(25)20-11-13-7-3-2-4-8-13)26-19-22-17-16(23-24-19)14-9-5-6-10-15(14)21-17/h2-10,12H,11H2,1H3,(H,20,25)(H,21,22,24)/t12-/m1/s1. The Balaban J connectivity index is 1.45. The Bertz CT molecular complexity index is 1060. The largest absolute Gasteiger partial charge is 0.351 e. The summed E-state index contributed by atoms with van der Waals surface area (Å²) in [6.45, 7) is 2.34. The van der Waals surface area contributed by atoms with Crippen molar-refractivity contribution in [1.29, 1.82) is 0 Å². The lowest BCUT2D eigenvalue weighted by Crippen LogP contribution is -2.30. The second kappa shape index (κ2) is 7.13. The van der Waals surface area contributed by atoms with E-state index in [9.17, 15) is 4.79 Å². The van der Waals surface area contributed by atoms with Gasteiger partial charge in [0.15, 0.2) is 5.65 Å². The van der Waals surface area contributed by atoms with Crippen LogP contribution in [0.5, 0.6) is 0 Å². The maximum absolute atomic E-state index is 12.3. The van der Waals surface area contributed by atoms with Crippen LogP contribution in [-0.4, -0.2) is 31.3 Å². The molecule has 2 aromatic carbocycles. The summed E-state index contributed by atoms with van der Waals surface area (Å²) in [5.74, 6) is -0.0563. The van der Waals surface area contributed by atoms with Crippen molar-refractivity contribution >= 4 is 39.7 Å². The Morgan fingerprint density at radius 2 is 1.88 bits per heavy atom. The van der Waals surface area contributed by atoms with Gasteiger partial charge in [-0.2, -0.15) is 0 Å². The third-order valence-corrected chi connectivity index (χ3v) is 5.01. The Labute approximate surface area is 154 Å². The monoisotopic (exact) mass is 363 g/mol. The number of para-hydroxylation sites is 1. The number of thioether (sulfide) groups is 1. The van der Waals surface area contributed by atoms with Crippen molar-refractivity contribution in [3.8, 4) is 0 Å². The van der Waals surface area contributed by atoms with Crippen molar-refractivity contribution in [2.45, 2.75) is 23.9 Å². The minimum Gasteiger partial charge on any atom is -0.351 e. The topological polar surface area (TPSA) is 83.6 Å². The summed E-state index contributed by atoms with van der Waals surface area (Å²) in [6.07, 6.45) is 0. The van der Waals surface area contributed by atoms with Crippen LogP contribution in [-0.2, 0) is 11.3 Å². The number of aromatic amines is 1. The van der Waals surface area contributed by atoms with E-state index in [1.54, 1.807) is 0 Å². The first-order valence-electron chi connectivity index (χ1n) is 8.30. The normalized spacial score (nSPS) is 12.3. The lowest BCUT2D eigenvalue weighted by atomic mass is 10.2. The molecule has 0 unspecified atom stereocenters. The summed E-state index contributed by atoms with van der Waals surface area (Å²) < 4.78 is 0. The van der Waals surface area contributed by atoms with Gasteiger partial charge in [0.25, 0.3) is 0 Å². The van der Waals surface area contributed by atoms with E-state index in [2.05, 4.69) is 25.5 Å². The quantitative estimate of drug-likeness (QED) is 0.532. The summed E-state index contributed by atoms with van der Waals surface area (Å²) in [4.78, 5) is 20.1. The van der Waals surface area contributed by atoms with Crippen LogP contribution in [0.2, 0.25) is 0 Å². The number of H-pyrrole nitrogens is 1. The zero-order valence-electron chi connectivity index (χ0n) is 14.1. The molecule has 0 spiro atoms. The number of hydrogen-bond donors (Lipinski definition) is 2. The minimum absolute atomic E-state index is 0.0563.